The van der Waals surface area contributed by atoms with Crippen molar-refractivity contribution in [3.63, 3.8) is 0 Å². The van der Waals surface area contributed by atoms with E-state index in [1.165, 1.54) is 10.4 Å². The molecule has 0 saturated carbocycles. The number of carbonyl (C=O) groups is 2. The molecule has 1 unspecified atom stereocenters. The van der Waals surface area contributed by atoms with E-state index in [2.05, 4.69) is 13.1 Å². The maximum absolute atomic E-state index is 13.9. The van der Waals surface area contributed by atoms with Crippen molar-refractivity contribution in [1.82, 2.24) is 9.21 Å². The molecule has 1 saturated heterocycles. The van der Waals surface area contributed by atoms with Crippen LogP contribution >= 0.6 is 0 Å². The molecule has 9 heteroatoms. The zero-order valence-electron chi connectivity index (χ0n) is 21.5. The number of sulfonamides is 1. The number of aryl methyl sites for hydroxylation is 1. The Hall–Kier alpha value is -1.55. The summed E-state index contributed by atoms with van der Waals surface area (Å²) in [6.45, 7) is 17.5. The summed E-state index contributed by atoms with van der Waals surface area (Å²) >= 11 is 0. The van der Waals surface area contributed by atoms with Crippen LogP contribution in [0.1, 0.15) is 70.3 Å². The molecule has 2 rings (SSSR count). The van der Waals surface area contributed by atoms with Crippen molar-refractivity contribution in [2.45, 2.75) is 97.0 Å². The average Bonchev–Trinajstić information content (AvgIpc) is 2.68. The fourth-order valence-corrected chi connectivity index (χ4v) is 6.79. The second-order valence-corrected chi connectivity index (χ2v) is 14.6. The van der Waals surface area contributed by atoms with Gasteiger partial charge in [-0.2, -0.15) is 4.31 Å². The van der Waals surface area contributed by atoms with Crippen molar-refractivity contribution >= 4 is 30.8 Å². The van der Waals surface area contributed by atoms with Crippen molar-refractivity contribution in [2.24, 2.45) is 5.92 Å². The molecule has 1 fully saturated rings. The fourth-order valence-electron chi connectivity index (χ4n) is 4.36. The van der Waals surface area contributed by atoms with E-state index in [9.17, 15) is 18.0 Å². The lowest BCUT2D eigenvalue weighted by atomic mass is 9.85. The Morgan fingerprint density at radius 1 is 1.24 bits per heavy atom. The van der Waals surface area contributed by atoms with Crippen LogP contribution in [0, 0.1) is 12.8 Å². The molecule has 7 nitrogen and oxygen atoms in total. The van der Waals surface area contributed by atoms with Crippen molar-refractivity contribution < 1.29 is 22.4 Å². The van der Waals surface area contributed by atoms with E-state index in [0.717, 1.165) is 5.56 Å². The highest BCUT2D eigenvalue weighted by atomic mass is 32.2. The van der Waals surface area contributed by atoms with Gasteiger partial charge in [0.15, 0.2) is 14.8 Å². The summed E-state index contributed by atoms with van der Waals surface area (Å²) < 4.78 is 35.1. The predicted molar refractivity (Wildman–Crippen MR) is 133 cm³/mol. The third kappa shape index (κ3) is 5.75. The Bertz CT molecular complexity index is 985. The van der Waals surface area contributed by atoms with Crippen LogP contribution < -0.4 is 0 Å². The van der Waals surface area contributed by atoms with Gasteiger partial charge in [0, 0.05) is 30.2 Å². The van der Waals surface area contributed by atoms with Crippen LogP contribution in [0.25, 0.3) is 0 Å². The van der Waals surface area contributed by atoms with Gasteiger partial charge in [-0.3, -0.25) is 9.59 Å². The van der Waals surface area contributed by atoms with Gasteiger partial charge in [-0.1, -0.05) is 13.0 Å². The summed E-state index contributed by atoms with van der Waals surface area (Å²) in [6, 6.07) is 4.33. The van der Waals surface area contributed by atoms with Crippen LogP contribution in [0.15, 0.2) is 23.1 Å². The largest absolute Gasteiger partial charge is 0.421 e. The van der Waals surface area contributed by atoms with Gasteiger partial charge < -0.3 is 9.33 Å². The van der Waals surface area contributed by atoms with Crippen LogP contribution in [0.5, 0.6) is 0 Å². The van der Waals surface area contributed by atoms with Gasteiger partial charge in [-0.05, 0) is 78.8 Å². The summed E-state index contributed by atoms with van der Waals surface area (Å²) in [7, 11) is -5.22. The third-order valence-electron chi connectivity index (χ3n) is 5.96. The number of β-lactam (4-membered cyclic amide) rings is 1. The third-order valence-corrected chi connectivity index (χ3v) is 8.90. The maximum Gasteiger partial charge on any atom is 0.245 e. The molecule has 2 atom stereocenters. The predicted octanol–water partition coefficient (Wildman–Crippen LogP) is 3.96. The second kappa shape index (κ2) is 10.4. The number of ketones is 1. The number of amides is 1. The number of hydrogen-bond donors (Lipinski definition) is 0. The lowest BCUT2D eigenvalue weighted by Crippen LogP contribution is -2.74. The van der Waals surface area contributed by atoms with Gasteiger partial charge in [0.05, 0.1) is 10.8 Å². The minimum atomic E-state index is -3.98. The maximum atomic E-state index is 13.9. The molecule has 33 heavy (non-hydrogen) atoms. The smallest absolute Gasteiger partial charge is 0.245 e. The number of rotatable bonds is 10. The van der Waals surface area contributed by atoms with Gasteiger partial charge in [0.1, 0.15) is 6.17 Å². The first kappa shape index (κ1) is 27.7. The first-order valence-electron chi connectivity index (χ1n) is 11.8. The molecule has 1 heterocycles. The molecule has 0 aromatic heterocycles. The topological polar surface area (TPSA) is 84.0 Å². The number of benzene rings is 1. The van der Waals surface area contributed by atoms with Gasteiger partial charge in [0.25, 0.3) is 0 Å². The summed E-state index contributed by atoms with van der Waals surface area (Å²) in [6.07, 6.45) is 0.175. The number of hydrogen-bond acceptors (Lipinski definition) is 5. The van der Waals surface area contributed by atoms with E-state index < -0.39 is 36.7 Å². The Kier molecular flexibility index (Phi) is 8.70. The molecule has 1 aliphatic rings. The van der Waals surface area contributed by atoms with Crippen LogP contribution in [0.2, 0.25) is 13.1 Å². The van der Waals surface area contributed by atoms with Crippen molar-refractivity contribution in [2.75, 3.05) is 6.61 Å². The zero-order valence-corrected chi connectivity index (χ0v) is 23.5. The molecular formula is C24H40N2O5SSi. The minimum absolute atomic E-state index is 0.0480. The zero-order chi connectivity index (χ0) is 25.3. The van der Waals surface area contributed by atoms with Crippen molar-refractivity contribution in [3.8, 4) is 0 Å². The molecule has 0 radical (unpaired) electrons. The molecule has 1 amide bonds. The van der Waals surface area contributed by atoms with E-state index in [-0.39, 0.29) is 22.6 Å². The van der Waals surface area contributed by atoms with E-state index in [1.807, 2.05) is 34.6 Å². The first-order chi connectivity index (χ1) is 15.1. The van der Waals surface area contributed by atoms with Crippen molar-refractivity contribution in [1.29, 1.82) is 0 Å². The summed E-state index contributed by atoms with van der Waals surface area (Å²) in [5, 5.41) is 0. The van der Waals surface area contributed by atoms with Crippen LogP contribution in [-0.4, -0.2) is 62.7 Å². The van der Waals surface area contributed by atoms with Gasteiger partial charge in [-0.15, -0.1) is 0 Å². The normalized spacial score (nSPS) is 19.5. The quantitative estimate of drug-likeness (QED) is 0.278. The molecule has 1 aliphatic heterocycles. The second-order valence-electron chi connectivity index (χ2n) is 10.3. The van der Waals surface area contributed by atoms with E-state index in [0.29, 0.717) is 25.0 Å². The van der Waals surface area contributed by atoms with E-state index in [1.54, 1.807) is 30.9 Å². The lowest BCUT2D eigenvalue weighted by molar-refractivity contribution is -0.179. The van der Waals surface area contributed by atoms with Crippen molar-refractivity contribution in [3.05, 3.63) is 29.3 Å². The molecule has 0 spiro atoms. The lowest BCUT2D eigenvalue weighted by Gasteiger charge is -2.57. The number of nitrogens with zero attached hydrogens (tertiary/aromatic N) is 2. The Morgan fingerprint density at radius 2 is 1.85 bits per heavy atom. The average molecular weight is 497 g/mol. The first-order valence-corrected chi connectivity index (χ1v) is 16.0. The van der Waals surface area contributed by atoms with Crippen LogP contribution in [0.3, 0.4) is 0 Å². The number of Topliss-reactive ketones (excluding diaryl/α,β-unsaturated/α-hetero) is 1. The number of carbonyl (C=O) groups excluding carboxylic acids is 2. The Morgan fingerprint density at radius 3 is 2.33 bits per heavy atom. The van der Waals surface area contributed by atoms with E-state index in [4.69, 9.17) is 4.43 Å². The highest BCUT2D eigenvalue weighted by molar-refractivity contribution is 7.89. The highest BCUT2D eigenvalue weighted by Crippen LogP contribution is 2.41. The summed E-state index contributed by atoms with van der Waals surface area (Å²) in [5.74, 6) is -0.604. The monoisotopic (exact) mass is 496 g/mol. The molecule has 0 bridgehead atoms. The molecule has 1 aromatic carbocycles. The molecule has 186 valence electrons. The number of likely N-dealkylation sites (tertiary alicyclic amines) is 1. The molecule has 0 aliphatic carbocycles. The van der Waals surface area contributed by atoms with Gasteiger partial charge >= 0.3 is 0 Å². The summed E-state index contributed by atoms with van der Waals surface area (Å²) in [4.78, 5) is 27.3. The minimum Gasteiger partial charge on any atom is -0.421 e. The standard InChI is InChI=1S/C24H40N2O5SSi/c1-10-21(27)20-15-18(12-11-17(20)4)32(29,30)26(16(2)3)22-19(13-14-31-33(8)9)23(28)25(22)24(5,6)7/h11-12,15-16,19,22,33H,10,13-14H2,1-9H3/t19-,22?/m1/s1. The fraction of sp³-hybridized carbons (Fsp3) is 0.667. The Balaban J connectivity index is 2.54. The van der Waals surface area contributed by atoms with E-state index >= 15 is 0 Å². The highest BCUT2D eigenvalue weighted by Gasteiger charge is 2.57. The van der Waals surface area contributed by atoms with Crippen LogP contribution in [-0.2, 0) is 19.2 Å². The summed E-state index contributed by atoms with van der Waals surface area (Å²) in [5.41, 5.74) is 0.636. The SMILES string of the molecule is CCC(=O)c1cc(S(=O)(=O)N(C(C)C)C2[C@@H](CCO[SiH](C)C)C(=O)N2C(C)(C)C)ccc1C. The molecule has 1 aromatic rings. The molecular weight excluding hydrogens is 456 g/mol. The van der Waals surface area contributed by atoms with Crippen LogP contribution in [0.4, 0.5) is 0 Å². The van der Waals surface area contributed by atoms with Gasteiger partial charge in [-0.25, -0.2) is 8.42 Å². The Labute approximate surface area is 201 Å². The van der Waals surface area contributed by atoms with Gasteiger partial charge in [0.2, 0.25) is 15.9 Å². The molecule has 0 N–H and O–H groups in total.